The van der Waals surface area contributed by atoms with Crippen molar-refractivity contribution >= 4 is 35.0 Å². The molecule has 0 aliphatic heterocycles. The molecule has 136 valence electrons. The number of halogens is 1. The van der Waals surface area contributed by atoms with Crippen LogP contribution in [0.15, 0.2) is 77.7 Å². The van der Waals surface area contributed by atoms with Gasteiger partial charge in [-0.3, -0.25) is 9.59 Å². The topological polar surface area (TPSA) is 58.2 Å². The predicted molar refractivity (Wildman–Crippen MR) is 107 cm³/mol. The van der Waals surface area contributed by atoms with Crippen LogP contribution in [0.5, 0.6) is 0 Å². The molecule has 3 aromatic rings. The molecule has 0 fully saturated rings. The third-order valence-corrected chi connectivity index (χ3v) is 4.58. The number of carbonyl (C=O) groups is 2. The van der Waals surface area contributed by atoms with Crippen LogP contribution in [-0.4, -0.2) is 18.1 Å². The zero-order valence-electron chi connectivity index (χ0n) is 14.5. The highest BCUT2D eigenvalue weighted by Crippen LogP contribution is 2.19. The number of hydrogen-bond donors (Lipinski definition) is 2. The quantitative estimate of drug-likeness (QED) is 0.609. The molecule has 4 nitrogen and oxygen atoms in total. The Morgan fingerprint density at radius 2 is 1.41 bits per heavy atom. The Morgan fingerprint density at radius 3 is 2.07 bits per heavy atom. The summed E-state index contributed by atoms with van der Waals surface area (Å²) in [6.45, 7) is 0. The maximum Gasteiger partial charge on any atom is 0.255 e. The Morgan fingerprint density at radius 1 is 0.778 bits per heavy atom. The lowest BCUT2D eigenvalue weighted by molar-refractivity contribution is 0.101. The van der Waals surface area contributed by atoms with E-state index in [1.807, 2.05) is 30.5 Å². The van der Waals surface area contributed by atoms with Gasteiger partial charge >= 0.3 is 0 Å². The van der Waals surface area contributed by atoms with Crippen molar-refractivity contribution in [1.82, 2.24) is 0 Å². The van der Waals surface area contributed by atoms with E-state index in [4.69, 9.17) is 0 Å². The van der Waals surface area contributed by atoms with Gasteiger partial charge in [-0.25, -0.2) is 4.39 Å². The summed E-state index contributed by atoms with van der Waals surface area (Å²) < 4.78 is 13.0. The average Bonchev–Trinajstić information content (AvgIpc) is 2.69. The first-order chi connectivity index (χ1) is 13.0. The van der Waals surface area contributed by atoms with Crippen LogP contribution in [0, 0.1) is 5.82 Å². The standard InChI is InChI=1S/C21H17FN2O2S/c1-27-19-11-9-17(10-12-19)23-21(26)15-3-2-4-18(13-15)24-20(25)14-5-7-16(22)8-6-14/h2-13H,1H3,(H,23,26)(H,24,25). The summed E-state index contributed by atoms with van der Waals surface area (Å²) in [5.41, 5.74) is 1.93. The molecule has 2 amide bonds. The molecule has 0 heterocycles. The second-order valence-electron chi connectivity index (χ2n) is 5.72. The van der Waals surface area contributed by atoms with Crippen molar-refractivity contribution in [2.24, 2.45) is 0 Å². The van der Waals surface area contributed by atoms with E-state index in [0.717, 1.165) is 4.90 Å². The molecule has 0 aromatic heterocycles. The molecule has 0 unspecified atom stereocenters. The predicted octanol–water partition coefficient (Wildman–Crippen LogP) is 5.05. The largest absolute Gasteiger partial charge is 0.322 e. The molecule has 0 radical (unpaired) electrons. The van der Waals surface area contributed by atoms with Gasteiger partial charge in [0.05, 0.1) is 0 Å². The van der Waals surface area contributed by atoms with Crippen molar-refractivity contribution in [2.75, 3.05) is 16.9 Å². The van der Waals surface area contributed by atoms with Gasteiger partial charge in [-0.1, -0.05) is 6.07 Å². The minimum absolute atomic E-state index is 0.273. The van der Waals surface area contributed by atoms with E-state index >= 15 is 0 Å². The first-order valence-corrected chi connectivity index (χ1v) is 9.40. The SMILES string of the molecule is CSc1ccc(NC(=O)c2cccc(NC(=O)c3ccc(F)cc3)c2)cc1. The molecular formula is C21H17FN2O2S. The molecule has 0 aliphatic rings. The summed E-state index contributed by atoms with van der Waals surface area (Å²) in [7, 11) is 0. The zero-order valence-corrected chi connectivity index (χ0v) is 15.3. The van der Waals surface area contributed by atoms with Gasteiger partial charge in [0.2, 0.25) is 0 Å². The van der Waals surface area contributed by atoms with Crippen LogP contribution in [0.2, 0.25) is 0 Å². The highest BCUT2D eigenvalue weighted by Gasteiger charge is 2.10. The molecular weight excluding hydrogens is 363 g/mol. The van der Waals surface area contributed by atoms with Gasteiger partial charge < -0.3 is 10.6 Å². The molecule has 0 spiro atoms. The van der Waals surface area contributed by atoms with Gasteiger partial charge in [-0.05, 0) is 73.0 Å². The molecule has 0 atom stereocenters. The molecule has 6 heteroatoms. The first kappa shape index (κ1) is 18.7. The van der Waals surface area contributed by atoms with Gasteiger partial charge in [-0.2, -0.15) is 0 Å². The van der Waals surface area contributed by atoms with E-state index in [1.165, 1.54) is 24.3 Å². The summed E-state index contributed by atoms with van der Waals surface area (Å²) in [5, 5.41) is 5.53. The molecule has 27 heavy (non-hydrogen) atoms. The van der Waals surface area contributed by atoms with E-state index in [-0.39, 0.29) is 11.8 Å². The van der Waals surface area contributed by atoms with E-state index in [2.05, 4.69) is 10.6 Å². The summed E-state index contributed by atoms with van der Waals surface area (Å²) in [4.78, 5) is 25.8. The third-order valence-electron chi connectivity index (χ3n) is 3.84. The smallest absolute Gasteiger partial charge is 0.255 e. The van der Waals surface area contributed by atoms with E-state index in [0.29, 0.717) is 22.5 Å². The maximum atomic E-state index is 13.0. The van der Waals surface area contributed by atoms with Crippen molar-refractivity contribution in [1.29, 1.82) is 0 Å². The van der Waals surface area contributed by atoms with Gasteiger partial charge in [-0.15, -0.1) is 11.8 Å². The molecule has 0 bridgehead atoms. The van der Waals surface area contributed by atoms with Gasteiger partial charge in [0.25, 0.3) is 11.8 Å². The molecule has 3 aromatic carbocycles. The fraction of sp³-hybridized carbons (Fsp3) is 0.0476. The van der Waals surface area contributed by atoms with Crippen LogP contribution in [-0.2, 0) is 0 Å². The molecule has 0 saturated carbocycles. The van der Waals surface area contributed by atoms with Crippen LogP contribution >= 0.6 is 11.8 Å². The number of nitrogens with one attached hydrogen (secondary N) is 2. The van der Waals surface area contributed by atoms with Crippen molar-refractivity contribution < 1.29 is 14.0 Å². The van der Waals surface area contributed by atoms with Gasteiger partial charge in [0, 0.05) is 27.4 Å². The first-order valence-electron chi connectivity index (χ1n) is 8.17. The number of hydrogen-bond acceptors (Lipinski definition) is 3. The van der Waals surface area contributed by atoms with Crippen LogP contribution in [0.1, 0.15) is 20.7 Å². The van der Waals surface area contributed by atoms with Crippen LogP contribution < -0.4 is 10.6 Å². The Bertz CT molecular complexity index is 957. The average molecular weight is 380 g/mol. The summed E-state index contributed by atoms with van der Waals surface area (Å²) in [5.74, 6) is -1.05. The van der Waals surface area contributed by atoms with Gasteiger partial charge in [0.15, 0.2) is 0 Å². The molecule has 2 N–H and O–H groups in total. The minimum atomic E-state index is -0.407. The molecule has 0 aliphatic carbocycles. The maximum absolute atomic E-state index is 13.0. The number of rotatable bonds is 5. The molecule has 3 rings (SSSR count). The fourth-order valence-electron chi connectivity index (χ4n) is 2.42. The van der Waals surface area contributed by atoms with Crippen molar-refractivity contribution in [3.8, 4) is 0 Å². The Labute approximate surface area is 160 Å². The Hall–Kier alpha value is -3.12. The number of anilines is 2. The summed E-state index contributed by atoms with van der Waals surface area (Å²) >= 11 is 1.63. The van der Waals surface area contributed by atoms with Crippen molar-refractivity contribution in [3.63, 3.8) is 0 Å². The van der Waals surface area contributed by atoms with E-state index < -0.39 is 5.82 Å². The summed E-state index contributed by atoms with van der Waals surface area (Å²) in [6.07, 6.45) is 1.99. The minimum Gasteiger partial charge on any atom is -0.322 e. The lowest BCUT2D eigenvalue weighted by atomic mass is 10.1. The number of carbonyl (C=O) groups excluding carboxylic acids is 2. The second-order valence-corrected chi connectivity index (χ2v) is 6.60. The van der Waals surface area contributed by atoms with Crippen LogP contribution in [0.4, 0.5) is 15.8 Å². The van der Waals surface area contributed by atoms with Gasteiger partial charge in [0.1, 0.15) is 5.82 Å². The highest BCUT2D eigenvalue weighted by atomic mass is 32.2. The third kappa shape index (κ3) is 4.95. The normalized spacial score (nSPS) is 10.3. The Kier molecular flexibility index (Phi) is 5.88. The van der Waals surface area contributed by atoms with Crippen LogP contribution in [0.3, 0.4) is 0 Å². The Balaban J connectivity index is 1.69. The monoisotopic (exact) mass is 380 g/mol. The fourth-order valence-corrected chi connectivity index (χ4v) is 2.83. The second kappa shape index (κ2) is 8.51. The molecule has 0 saturated heterocycles. The van der Waals surface area contributed by atoms with Crippen molar-refractivity contribution in [3.05, 3.63) is 89.7 Å². The lowest BCUT2D eigenvalue weighted by Gasteiger charge is -2.09. The number of benzene rings is 3. The van der Waals surface area contributed by atoms with Crippen molar-refractivity contribution in [2.45, 2.75) is 4.90 Å². The number of amides is 2. The zero-order chi connectivity index (χ0) is 19.2. The van der Waals surface area contributed by atoms with E-state index in [1.54, 1.807) is 36.0 Å². The number of thioether (sulfide) groups is 1. The highest BCUT2D eigenvalue weighted by molar-refractivity contribution is 7.98. The van der Waals surface area contributed by atoms with E-state index in [9.17, 15) is 14.0 Å². The van der Waals surface area contributed by atoms with Crippen LogP contribution in [0.25, 0.3) is 0 Å². The summed E-state index contributed by atoms with van der Waals surface area (Å²) in [6, 6.07) is 19.4. The lowest BCUT2D eigenvalue weighted by Crippen LogP contribution is -2.14.